The summed E-state index contributed by atoms with van der Waals surface area (Å²) in [5.74, 6) is -0.693. The van der Waals surface area contributed by atoms with Crippen molar-refractivity contribution in [2.45, 2.75) is 6.92 Å². The van der Waals surface area contributed by atoms with Crippen LogP contribution in [0.3, 0.4) is 0 Å². The monoisotopic (exact) mass is 294 g/mol. The van der Waals surface area contributed by atoms with Crippen molar-refractivity contribution in [1.29, 1.82) is 0 Å². The highest BCUT2D eigenvalue weighted by Gasteiger charge is 2.08. The number of anilines is 1. The van der Waals surface area contributed by atoms with Crippen LogP contribution in [0.1, 0.15) is 6.92 Å². The first-order valence-corrected chi connectivity index (χ1v) is 5.79. The molecule has 0 atom stereocenters. The molecule has 1 rings (SSSR count). The molecule has 0 spiro atoms. The molecular formula is C10H9Cl3N2O2. The number of hydrogen-bond acceptors (Lipinski definition) is 4. The Balaban J connectivity index is 2.69. The zero-order chi connectivity index (χ0) is 12.8. The molecule has 0 bridgehead atoms. The van der Waals surface area contributed by atoms with E-state index in [2.05, 4.69) is 15.3 Å². The number of halogens is 3. The molecule has 0 amide bonds. The predicted molar refractivity (Wildman–Crippen MR) is 70.0 cm³/mol. The van der Waals surface area contributed by atoms with E-state index in [9.17, 15) is 4.79 Å². The molecule has 0 unspecified atom stereocenters. The number of esters is 1. The molecule has 7 heteroatoms. The maximum Gasteiger partial charge on any atom is 0.370 e. The molecule has 1 aromatic rings. The van der Waals surface area contributed by atoms with Crippen LogP contribution in [0.5, 0.6) is 0 Å². The average molecular weight is 296 g/mol. The lowest BCUT2D eigenvalue weighted by Crippen LogP contribution is -2.13. The SMILES string of the molecule is CCOC(=O)/C(Cl)=N/Nc1ccc(Cl)c(Cl)c1. The van der Waals surface area contributed by atoms with E-state index in [1.54, 1.807) is 25.1 Å². The number of ether oxygens (including phenoxy) is 1. The van der Waals surface area contributed by atoms with Gasteiger partial charge in [-0.25, -0.2) is 4.79 Å². The van der Waals surface area contributed by atoms with E-state index >= 15 is 0 Å². The smallest absolute Gasteiger partial charge is 0.370 e. The van der Waals surface area contributed by atoms with Crippen molar-refractivity contribution in [3.63, 3.8) is 0 Å². The van der Waals surface area contributed by atoms with Crippen molar-refractivity contribution in [2.75, 3.05) is 12.0 Å². The molecule has 0 fully saturated rings. The highest BCUT2D eigenvalue weighted by molar-refractivity contribution is 6.82. The fraction of sp³-hybridized carbons (Fsp3) is 0.200. The molecular weight excluding hydrogens is 286 g/mol. The number of carbonyl (C=O) groups excluding carboxylic acids is 1. The van der Waals surface area contributed by atoms with Crippen LogP contribution < -0.4 is 5.43 Å². The fourth-order valence-corrected chi connectivity index (χ4v) is 1.31. The van der Waals surface area contributed by atoms with Crippen LogP contribution >= 0.6 is 34.8 Å². The van der Waals surface area contributed by atoms with Gasteiger partial charge in [-0.05, 0) is 25.1 Å². The van der Waals surface area contributed by atoms with Gasteiger partial charge in [-0.2, -0.15) is 5.10 Å². The molecule has 0 aliphatic rings. The maximum absolute atomic E-state index is 11.1. The molecule has 0 aromatic heterocycles. The topological polar surface area (TPSA) is 50.7 Å². The van der Waals surface area contributed by atoms with Gasteiger partial charge in [0, 0.05) is 0 Å². The molecule has 92 valence electrons. The second-order valence-corrected chi connectivity index (χ2v) is 4.04. The van der Waals surface area contributed by atoms with Crippen LogP contribution in [0.25, 0.3) is 0 Å². The van der Waals surface area contributed by atoms with Crippen LogP contribution in [0.15, 0.2) is 23.3 Å². The third-order valence-corrected chi connectivity index (χ3v) is 2.62. The standard InChI is InChI=1S/C10H9Cl3N2O2/c1-2-17-10(16)9(13)15-14-6-3-4-7(11)8(12)5-6/h3-5,14H,2H2,1H3/b15-9-. The molecule has 17 heavy (non-hydrogen) atoms. The summed E-state index contributed by atoms with van der Waals surface area (Å²) < 4.78 is 4.65. The van der Waals surface area contributed by atoms with Crippen LogP contribution in [-0.4, -0.2) is 17.7 Å². The van der Waals surface area contributed by atoms with Gasteiger partial charge in [-0.15, -0.1) is 0 Å². The van der Waals surface area contributed by atoms with Crippen LogP contribution in [-0.2, 0) is 9.53 Å². The minimum Gasteiger partial charge on any atom is -0.461 e. The largest absolute Gasteiger partial charge is 0.461 e. The second-order valence-electron chi connectivity index (χ2n) is 2.86. The summed E-state index contributed by atoms with van der Waals surface area (Å²) in [4.78, 5) is 11.1. The van der Waals surface area contributed by atoms with Crippen LogP contribution in [0.4, 0.5) is 5.69 Å². The summed E-state index contributed by atoms with van der Waals surface area (Å²) >= 11 is 17.1. The van der Waals surface area contributed by atoms with E-state index in [1.807, 2.05) is 0 Å². The number of rotatable bonds is 4. The van der Waals surface area contributed by atoms with E-state index in [0.717, 1.165) is 0 Å². The maximum atomic E-state index is 11.1. The highest BCUT2D eigenvalue weighted by Crippen LogP contribution is 2.24. The molecule has 4 nitrogen and oxygen atoms in total. The normalized spacial score (nSPS) is 11.2. The molecule has 0 saturated carbocycles. The Bertz CT molecular complexity index is 449. The van der Waals surface area contributed by atoms with Crippen molar-refractivity contribution < 1.29 is 9.53 Å². The Hall–Kier alpha value is -0.970. The van der Waals surface area contributed by atoms with Crippen molar-refractivity contribution in [3.05, 3.63) is 28.2 Å². The average Bonchev–Trinajstić information content (AvgIpc) is 2.30. The molecule has 0 saturated heterocycles. The highest BCUT2D eigenvalue weighted by atomic mass is 35.5. The Kier molecular flexibility index (Phi) is 5.55. The van der Waals surface area contributed by atoms with Crippen molar-refractivity contribution in [3.8, 4) is 0 Å². The zero-order valence-electron chi connectivity index (χ0n) is 8.84. The lowest BCUT2D eigenvalue weighted by molar-refractivity contribution is -0.134. The van der Waals surface area contributed by atoms with Crippen molar-refractivity contribution >= 4 is 51.6 Å². The van der Waals surface area contributed by atoms with Crippen molar-refractivity contribution in [1.82, 2.24) is 0 Å². The lowest BCUT2D eigenvalue weighted by atomic mass is 10.3. The third-order valence-electron chi connectivity index (χ3n) is 1.65. The quantitative estimate of drug-likeness (QED) is 0.525. The van der Waals surface area contributed by atoms with Gasteiger partial charge in [0.1, 0.15) is 0 Å². The van der Waals surface area contributed by atoms with Gasteiger partial charge in [0.05, 0.1) is 22.3 Å². The summed E-state index contributed by atoms with van der Waals surface area (Å²) in [5.41, 5.74) is 3.12. The Morgan fingerprint density at radius 2 is 2.12 bits per heavy atom. The summed E-state index contributed by atoms with van der Waals surface area (Å²) in [7, 11) is 0. The first-order valence-electron chi connectivity index (χ1n) is 4.66. The lowest BCUT2D eigenvalue weighted by Gasteiger charge is -2.03. The summed E-state index contributed by atoms with van der Waals surface area (Å²) in [6.45, 7) is 1.91. The van der Waals surface area contributed by atoms with Gasteiger partial charge >= 0.3 is 5.97 Å². The minimum atomic E-state index is -0.693. The van der Waals surface area contributed by atoms with Crippen molar-refractivity contribution in [2.24, 2.45) is 5.10 Å². The van der Waals surface area contributed by atoms with Gasteiger partial charge in [0.25, 0.3) is 0 Å². The summed E-state index contributed by atoms with van der Waals surface area (Å²) in [6, 6.07) is 4.80. The van der Waals surface area contributed by atoms with E-state index in [-0.39, 0.29) is 11.8 Å². The molecule has 0 radical (unpaired) electrons. The summed E-state index contributed by atoms with van der Waals surface area (Å²) in [5, 5.41) is 4.15. The van der Waals surface area contributed by atoms with E-state index < -0.39 is 5.97 Å². The molecule has 1 N–H and O–H groups in total. The number of hydrogen-bond donors (Lipinski definition) is 1. The number of carbonyl (C=O) groups is 1. The second kappa shape index (κ2) is 6.69. The Morgan fingerprint density at radius 1 is 1.41 bits per heavy atom. The first kappa shape index (κ1) is 14.1. The van der Waals surface area contributed by atoms with Gasteiger partial charge < -0.3 is 4.74 Å². The predicted octanol–water partition coefficient (Wildman–Crippen LogP) is 3.52. The fourth-order valence-electron chi connectivity index (χ4n) is 0.916. The number of nitrogens with one attached hydrogen (secondary N) is 1. The number of hydrazone groups is 1. The van der Waals surface area contributed by atoms with E-state index in [4.69, 9.17) is 34.8 Å². The van der Waals surface area contributed by atoms with Crippen LogP contribution in [0, 0.1) is 0 Å². The molecule has 0 aliphatic heterocycles. The van der Waals surface area contributed by atoms with Gasteiger partial charge in [-0.3, -0.25) is 5.43 Å². The molecule has 0 aliphatic carbocycles. The van der Waals surface area contributed by atoms with Gasteiger partial charge in [0.15, 0.2) is 0 Å². The minimum absolute atomic E-state index is 0.233. The van der Waals surface area contributed by atoms with Gasteiger partial charge in [-0.1, -0.05) is 34.8 Å². The first-order chi connectivity index (χ1) is 8.04. The number of nitrogens with zero attached hydrogens (tertiary/aromatic N) is 1. The third kappa shape index (κ3) is 4.42. The van der Waals surface area contributed by atoms with E-state index in [0.29, 0.717) is 15.7 Å². The molecule has 1 aromatic carbocycles. The molecule has 0 heterocycles. The number of benzene rings is 1. The Labute approximate surface area is 113 Å². The van der Waals surface area contributed by atoms with Gasteiger partial charge in [0.2, 0.25) is 5.17 Å². The zero-order valence-corrected chi connectivity index (χ0v) is 11.1. The summed E-state index contributed by atoms with van der Waals surface area (Å²) in [6.07, 6.45) is 0. The van der Waals surface area contributed by atoms with E-state index in [1.165, 1.54) is 0 Å². The Morgan fingerprint density at radius 3 is 2.71 bits per heavy atom. The van der Waals surface area contributed by atoms with Crippen LogP contribution in [0.2, 0.25) is 10.0 Å².